The first kappa shape index (κ1) is 14.2. The number of hydrogen-bond acceptors (Lipinski definition) is 2. The smallest absolute Gasteiger partial charge is 0.0705 e. The van der Waals surface area contributed by atoms with E-state index in [0.717, 1.165) is 26.6 Å². The topological polar surface area (TPSA) is 33.1 Å². The van der Waals surface area contributed by atoms with Crippen LogP contribution in [0.1, 0.15) is 11.3 Å². The SMILES string of the molecule is OC(Cc1ccc(Br)cc1)Cc1ccc2ccccc2n1. The quantitative estimate of drug-likeness (QED) is 0.773. The van der Waals surface area contributed by atoms with Crippen LogP contribution in [0.3, 0.4) is 0 Å². The second-order valence-electron chi connectivity index (χ2n) is 5.18. The molecule has 0 aliphatic heterocycles. The molecule has 0 bridgehead atoms. The highest BCUT2D eigenvalue weighted by Gasteiger charge is 2.08. The number of hydrogen-bond donors (Lipinski definition) is 1. The van der Waals surface area contributed by atoms with Gasteiger partial charge < -0.3 is 5.11 Å². The molecule has 21 heavy (non-hydrogen) atoms. The van der Waals surface area contributed by atoms with Gasteiger partial charge >= 0.3 is 0 Å². The Labute approximate surface area is 132 Å². The Morgan fingerprint density at radius 3 is 2.48 bits per heavy atom. The fraction of sp³-hybridized carbons (Fsp3) is 0.167. The molecular weight excluding hydrogens is 326 g/mol. The van der Waals surface area contributed by atoms with Crippen molar-refractivity contribution in [1.82, 2.24) is 4.98 Å². The van der Waals surface area contributed by atoms with Crippen molar-refractivity contribution in [2.24, 2.45) is 0 Å². The van der Waals surface area contributed by atoms with Crippen molar-refractivity contribution in [2.45, 2.75) is 18.9 Å². The van der Waals surface area contributed by atoms with Gasteiger partial charge in [-0.05, 0) is 36.2 Å². The molecule has 0 amide bonds. The Morgan fingerprint density at radius 1 is 0.905 bits per heavy atom. The van der Waals surface area contributed by atoms with Gasteiger partial charge in [-0.15, -0.1) is 0 Å². The molecule has 106 valence electrons. The number of aliphatic hydroxyl groups excluding tert-OH is 1. The van der Waals surface area contributed by atoms with E-state index in [1.807, 2.05) is 54.6 Å². The average molecular weight is 342 g/mol. The third-order valence-corrected chi connectivity index (χ3v) is 4.01. The molecule has 0 aliphatic carbocycles. The lowest BCUT2D eigenvalue weighted by atomic mass is 10.0. The molecule has 2 nitrogen and oxygen atoms in total. The highest BCUT2D eigenvalue weighted by molar-refractivity contribution is 9.10. The summed E-state index contributed by atoms with van der Waals surface area (Å²) in [6.07, 6.45) is 0.794. The first-order chi connectivity index (χ1) is 10.2. The minimum atomic E-state index is -0.417. The summed E-state index contributed by atoms with van der Waals surface area (Å²) in [5, 5.41) is 11.4. The van der Waals surface area contributed by atoms with Gasteiger partial charge in [-0.25, -0.2) is 0 Å². The maximum absolute atomic E-state index is 10.2. The van der Waals surface area contributed by atoms with E-state index in [4.69, 9.17) is 0 Å². The molecule has 3 aromatic rings. The number of para-hydroxylation sites is 1. The molecule has 2 aromatic carbocycles. The van der Waals surface area contributed by atoms with E-state index in [-0.39, 0.29) is 0 Å². The number of rotatable bonds is 4. The van der Waals surface area contributed by atoms with Gasteiger partial charge in [-0.3, -0.25) is 4.98 Å². The van der Waals surface area contributed by atoms with Crippen LogP contribution in [0.2, 0.25) is 0 Å². The Hall–Kier alpha value is -1.71. The van der Waals surface area contributed by atoms with E-state index >= 15 is 0 Å². The molecule has 1 aromatic heterocycles. The number of aromatic nitrogens is 1. The summed E-state index contributed by atoms with van der Waals surface area (Å²) >= 11 is 3.42. The maximum Gasteiger partial charge on any atom is 0.0705 e. The van der Waals surface area contributed by atoms with Gasteiger partial charge in [0.05, 0.1) is 11.6 Å². The van der Waals surface area contributed by atoms with Crippen molar-refractivity contribution >= 4 is 26.8 Å². The number of benzene rings is 2. The summed E-state index contributed by atoms with van der Waals surface area (Å²) in [4.78, 5) is 4.60. The molecule has 0 fully saturated rings. The van der Waals surface area contributed by atoms with Crippen molar-refractivity contribution in [2.75, 3.05) is 0 Å². The third-order valence-electron chi connectivity index (χ3n) is 3.49. The summed E-state index contributed by atoms with van der Waals surface area (Å²) in [6.45, 7) is 0. The molecule has 0 radical (unpaired) electrons. The molecule has 1 N–H and O–H groups in total. The molecule has 0 saturated carbocycles. The lowest BCUT2D eigenvalue weighted by Gasteiger charge is -2.11. The number of halogens is 1. The van der Waals surface area contributed by atoms with Gasteiger partial charge in [0, 0.05) is 22.0 Å². The second kappa shape index (κ2) is 6.37. The molecule has 3 heteroatoms. The van der Waals surface area contributed by atoms with Crippen molar-refractivity contribution in [3.05, 3.63) is 76.4 Å². The summed E-state index contributed by atoms with van der Waals surface area (Å²) in [5.74, 6) is 0. The fourth-order valence-electron chi connectivity index (χ4n) is 2.43. The fourth-order valence-corrected chi connectivity index (χ4v) is 2.69. The predicted molar refractivity (Wildman–Crippen MR) is 89.3 cm³/mol. The van der Waals surface area contributed by atoms with Crippen LogP contribution >= 0.6 is 15.9 Å². The molecular formula is C18H16BrNO. The van der Waals surface area contributed by atoms with Crippen LogP contribution in [0.15, 0.2) is 65.1 Å². The van der Waals surface area contributed by atoms with Gasteiger partial charge in [0.1, 0.15) is 0 Å². The molecule has 1 heterocycles. The van der Waals surface area contributed by atoms with Gasteiger partial charge in [-0.1, -0.05) is 52.3 Å². The van der Waals surface area contributed by atoms with Crippen LogP contribution in [-0.2, 0) is 12.8 Å². The highest BCUT2D eigenvalue weighted by atomic mass is 79.9. The van der Waals surface area contributed by atoms with E-state index in [2.05, 4.69) is 27.0 Å². The normalized spacial score (nSPS) is 12.5. The van der Waals surface area contributed by atoms with E-state index in [1.165, 1.54) is 0 Å². The summed E-state index contributed by atoms with van der Waals surface area (Å²) in [7, 11) is 0. The van der Waals surface area contributed by atoms with Gasteiger partial charge in [0.15, 0.2) is 0 Å². The van der Waals surface area contributed by atoms with Crippen molar-refractivity contribution < 1.29 is 5.11 Å². The molecule has 0 saturated heterocycles. The first-order valence-electron chi connectivity index (χ1n) is 6.98. The Morgan fingerprint density at radius 2 is 1.67 bits per heavy atom. The van der Waals surface area contributed by atoms with Crippen LogP contribution in [-0.4, -0.2) is 16.2 Å². The van der Waals surface area contributed by atoms with Crippen LogP contribution < -0.4 is 0 Å². The third kappa shape index (κ3) is 3.69. The van der Waals surface area contributed by atoms with Gasteiger partial charge in [0.2, 0.25) is 0 Å². The molecule has 0 spiro atoms. The number of aliphatic hydroxyl groups is 1. The molecule has 0 aliphatic rings. The lowest BCUT2D eigenvalue weighted by Crippen LogP contribution is -2.14. The minimum Gasteiger partial charge on any atom is -0.392 e. The molecule has 3 rings (SSSR count). The Kier molecular flexibility index (Phi) is 4.32. The highest BCUT2D eigenvalue weighted by Crippen LogP contribution is 2.15. The number of pyridine rings is 1. The molecule has 1 atom stereocenters. The summed E-state index contributed by atoms with van der Waals surface area (Å²) in [5.41, 5.74) is 3.04. The second-order valence-corrected chi connectivity index (χ2v) is 6.10. The summed E-state index contributed by atoms with van der Waals surface area (Å²) < 4.78 is 1.05. The zero-order chi connectivity index (χ0) is 14.7. The average Bonchev–Trinajstić information content (AvgIpc) is 2.49. The summed E-state index contributed by atoms with van der Waals surface area (Å²) in [6, 6.07) is 20.1. The van der Waals surface area contributed by atoms with E-state index in [1.54, 1.807) is 0 Å². The predicted octanol–water partition coefficient (Wildman–Crippen LogP) is 4.14. The van der Waals surface area contributed by atoms with Crippen LogP contribution in [0, 0.1) is 0 Å². The Bertz CT molecular complexity index is 740. The van der Waals surface area contributed by atoms with Crippen molar-refractivity contribution in [3.63, 3.8) is 0 Å². The molecule has 1 unspecified atom stereocenters. The first-order valence-corrected chi connectivity index (χ1v) is 7.77. The van der Waals surface area contributed by atoms with Crippen LogP contribution in [0.4, 0.5) is 0 Å². The monoisotopic (exact) mass is 341 g/mol. The number of nitrogens with zero attached hydrogens (tertiary/aromatic N) is 1. The van der Waals surface area contributed by atoms with Gasteiger partial charge in [0.25, 0.3) is 0 Å². The van der Waals surface area contributed by atoms with Crippen LogP contribution in [0.5, 0.6) is 0 Å². The van der Waals surface area contributed by atoms with Gasteiger partial charge in [-0.2, -0.15) is 0 Å². The lowest BCUT2D eigenvalue weighted by molar-refractivity contribution is 0.174. The zero-order valence-corrected chi connectivity index (χ0v) is 13.1. The van der Waals surface area contributed by atoms with Crippen LogP contribution in [0.25, 0.3) is 10.9 Å². The van der Waals surface area contributed by atoms with E-state index in [9.17, 15) is 5.11 Å². The van der Waals surface area contributed by atoms with E-state index < -0.39 is 6.10 Å². The minimum absolute atomic E-state index is 0.417. The zero-order valence-electron chi connectivity index (χ0n) is 11.5. The number of fused-ring (bicyclic) bond motifs is 1. The van der Waals surface area contributed by atoms with Crippen molar-refractivity contribution in [1.29, 1.82) is 0 Å². The standard InChI is InChI=1S/C18H16BrNO/c19-15-8-5-13(6-9-15)11-17(21)12-16-10-7-14-3-1-2-4-18(14)20-16/h1-10,17,21H,11-12H2. The maximum atomic E-state index is 10.2. The largest absolute Gasteiger partial charge is 0.392 e. The van der Waals surface area contributed by atoms with E-state index in [0.29, 0.717) is 12.8 Å². The Balaban J connectivity index is 1.70. The van der Waals surface area contributed by atoms with Crippen molar-refractivity contribution in [3.8, 4) is 0 Å².